The zero-order valence-corrected chi connectivity index (χ0v) is 11.8. The number of anilines is 1. The molecule has 2 rings (SSSR count). The van der Waals surface area contributed by atoms with Crippen molar-refractivity contribution in [3.63, 3.8) is 0 Å². The van der Waals surface area contributed by atoms with Gasteiger partial charge in [-0.25, -0.2) is 4.39 Å². The summed E-state index contributed by atoms with van der Waals surface area (Å²) in [6.45, 7) is 4.54. The Morgan fingerprint density at radius 1 is 1.28 bits per heavy atom. The monoisotopic (exact) mass is 269 g/mol. The average molecular weight is 270 g/mol. The SMILES string of the molecule is CC(C)C1CCCCC1Nc1ccc(Cl)c(F)c1. The summed E-state index contributed by atoms with van der Waals surface area (Å²) in [7, 11) is 0. The Hall–Kier alpha value is -0.760. The minimum absolute atomic E-state index is 0.185. The van der Waals surface area contributed by atoms with Crippen LogP contribution in [0.5, 0.6) is 0 Å². The van der Waals surface area contributed by atoms with E-state index in [4.69, 9.17) is 11.6 Å². The lowest BCUT2D eigenvalue weighted by Crippen LogP contribution is -2.35. The van der Waals surface area contributed by atoms with Gasteiger partial charge >= 0.3 is 0 Å². The van der Waals surface area contributed by atoms with Crippen LogP contribution in [0.1, 0.15) is 39.5 Å². The van der Waals surface area contributed by atoms with Crippen LogP contribution in [0, 0.1) is 17.7 Å². The fourth-order valence-corrected chi connectivity index (χ4v) is 3.05. The lowest BCUT2D eigenvalue weighted by atomic mass is 9.78. The zero-order valence-electron chi connectivity index (χ0n) is 11.0. The molecule has 0 amide bonds. The molecule has 1 aromatic rings. The molecule has 1 aliphatic carbocycles. The highest BCUT2D eigenvalue weighted by Crippen LogP contribution is 2.32. The largest absolute Gasteiger partial charge is 0.382 e. The summed E-state index contributed by atoms with van der Waals surface area (Å²) in [5.41, 5.74) is 0.842. The number of hydrogen-bond donors (Lipinski definition) is 1. The van der Waals surface area contributed by atoms with E-state index in [2.05, 4.69) is 19.2 Å². The Kier molecular flexibility index (Phi) is 4.50. The van der Waals surface area contributed by atoms with Gasteiger partial charge in [-0.1, -0.05) is 38.3 Å². The summed E-state index contributed by atoms with van der Waals surface area (Å²) in [5, 5.41) is 3.67. The molecule has 0 aromatic heterocycles. The molecule has 1 fully saturated rings. The number of nitrogens with one attached hydrogen (secondary N) is 1. The number of hydrogen-bond acceptors (Lipinski definition) is 1. The number of benzene rings is 1. The molecule has 0 bridgehead atoms. The first-order valence-corrected chi connectivity index (χ1v) is 7.17. The smallest absolute Gasteiger partial charge is 0.143 e. The lowest BCUT2D eigenvalue weighted by Gasteiger charge is -2.35. The molecule has 1 aliphatic rings. The van der Waals surface area contributed by atoms with Gasteiger partial charge in [0.25, 0.3) is 0 Å². The summed E-state index contributed by atoms with van der Waals surface area (Å²) in [4.78, 5) is 0. The van der Waals surface area contributed by atoms with E-state index in [-0.39, 0.29) is 10.8 Å². The fourth-order valence-electron chi connectivity index (χ4n) is 2.94. The summed E-state index contributed by atoms with van der Waals surface area (Å²) in [6, 6.07) is 5.43. The average Bonchev–Trinajstić information content (AvgIpc) is 2.34. The summed E-state index contributed by atoms with van der Waals surface area (Å²) in [6.07, 6.45) is 5.02. The van der Waals surface area contributed by atoms with Gasteiger partial charge in [-0.05, 0) is 42.9 Å². The van der Waals surface area contributed by atoms with Crippen molar-refractivity contribution in [2.24, 2.45) is 11.8 Å². The molecule has 0 spiro atoms. The Labute approximate surface area is 114 Å². The van der Waals surface area contributed by atoms with E-state index in [0.29, 0.717) is 17.9 Å². The van der Waals surface area contributed by atoms with E-state index in [0.717, 1.165) is 5.69 Å². The van der Waals surface area contributed by atoms with Crippen LogP contribution < -0.4 is 5.32 Å². The molecular weight excluding hydrogens is 249 g/mol. The topological polar surface area (TPSA) is 12.0 Å². The molecule has 1 N–H and O–H groups in total. The molecule has 3 heteroatoms. The van der Waals surface area contributed by atoms with Gasteiger partial charge in [0.2, 0.25) is 0 Å². The van der Waals surface area contributed by atoms with Crippen molar-refractivity contribution >= 4 is 17.3 Å². The normalized spacial score (nSPS) is 24.3. The van der Waals surface area contributed by atoms with Crippen molar-refractivity contribution in [1.29, 1.82) is 0 Å². The summed E-state index contributed by atoms with van der Waals surface area (Å²) < 4.78 is 13.4. The third-order valence-electron chi connectivity index (χ3n) is 3.95. The number of rotatable bonds is 3. The van der Waals surface area contributed by atoms with Crippen LogP contribution in [0.15, 0.2) is 18.2 Å². The first-order chi connectivity index (χ1) is 8.58. The van der Waals surface area contributed by atoms with E-state index in [1.807, 2.05) is 6.07 Å². The molecule has 2 atom stereocenters. The molecule has 1 nitrogen and oxygen atoms in total. The molecule has 0 radical (unpaired) electrons. The van der Waals surface area contributed by atoms with Crippen molar-refractivity contribution < 1.29 is 4.39 Å². The number of halogens is 2. The van der Waals surface area contributed by atoms with Gasteiger partial charge in [-0.15, -0.1) is 0 Å². The molecule has 18 heavy (non-hydrogen) atoms. The quantitative estimate of drug-likeness (QED) is 0.804. The highest BCUT2D eigenvalue weighted by Gasteiger charge is 2.27. The van der Waals surface area contributed by atoms with Crippen molar-refractivity contribution in [3.05, 3.63) is 29.0 Å². The second-order valence-corrected chi connectivity index (χ2v) is 5.98. The molecule has 0 heterocycles. The molecule has 1 aromatic carbocycles. The Balaban J connectivity index is 2.08. The maximum atomic E-state index is 13.4. The van der Waals surface area contributed by atoms with E-state index < -0.39 is 0 Å². The summed E-state index contributed by atoms with van der Waals surface area (Å²) in [5.74, 6) is 0.996. The van der Waals surface area contributed by atoms with Crippen LogP contribution in [0.2, 0.25) is 5.02 Å². The van der Waals surface area contributed by atoms with E-state index >= 15 is 0 Å². The second kappa shape index (κ2) is 5.92. The Bertz CT molecular complexity index is 405. The van der Waals surface area contributed by atoms with Gasteiger partial charge in [0.15, 0.2) is 0 Å². The van der Waals surface area contributed by atoms with Crippen LogP contribution in [0.4, 0.5) is 10.1 Å². The maximum absolute atomic E-state index is 13.4. The minimum Gasteiger partial charge on any atom is -0.382 e. The van der Waals surface area contributed by atoms with Crippen LogP contribution >= 0.6 is 11.6 Å². The lowest BCUT2D eigenvalue weighted by molar-refractivity contribution is 0.254. The maximum Gasteiger partial charge on any atom is 0.143 e. The van der Waals surface area contributed by atoms with Crippen molar-refractivity contribution in [2.75, 3.05) is 5.32 Å². The third-order valence-corrected chi connectivity index (χ3v) is 4.25. The van der Waals surface area contributed by atoms with Crippen LogP contribution in [-0.2, 0) is 0 Å². The van der Waals surface area contributed by atoms with Gasteiger partial charge in [0.1, 0.15) is 5.82 Å². The van der Waals surface area contributed by atoms with Gasteiger partial charge in [0, 0.05) is 11.7 Å². The van der Waals surface area contributed by atoms with E-state index in [1.54, 1.807) is 6.07 Å². The van der Waals surface area contributed by atoms with Crippen molar-refractivity contribution in [3.8, 4) is 0 Å². The first kappa shape index (κ1) is 13.7. The van der Waals surface area contributed by atoms with E-state index in [1.165, 1.54) is 31.7 Å². The fraction of sp³-hybridized carbons (Fsp3) is 0.600. The van der Waals surface area contributed by atoms with Gasteiger partial charge in [0.05, 0.1) is 5.02 Å². The minimum atomic E-state index is -0.349. The predicted octanol–water partition coefficient (Wildman–Crippen LogP) is 5.11. The third kappa shape index (κ3) is 3.17. The van der Waals surface area contributed by atoms with Crippen molar-refractivity contribution in [1.82, 2.24) is 0 Å². The van der Waals surface area contributed by atoms with Crippen LogP contribution in [0.25, 0.3) is 0 Å². The van der Waals surface area contributed by atoms with Crippen LogP contribution in [0.3, 0.4) is 0 Å². The highest BCUT2D eigenvalue weighted by molar-refractivity contribution is 6.30. The molecule has 0 saturated heterocycles. The molecular formula is C15H21ClFN. The van der Waals surface area contributed by atoms with Gasteiger partial charge in [-0.3, -0.25) is 0 Å². The molecule has 1 saturated carbocycles. The highest BCUT2D eigenvalue weighted by atomic mass is 35.5. The predicted molar refractivity (Wildman–Crippen MR) is 75.6 cm³/mol. The first-order valence-electron chi connectivity index (χ1n) is 6.79. The molecule has 0 aliphatic heterocycles. The molecule has 2 unspecified atom stereocenters. The molecule has 100 valence electrons. The van der Waals surface area contributed by atoms with Crippen molar-refractivity contribution in [2.45, 2.75) is 45.6 Å². The van der Waals surface area contributed by atoms with Crippen LogP contribution in [-0.4, -0.2) is 6.04 Å². The summed E-state index contributed by atoms with van der Waals surface area (Å²) >= 11 is 5.70. The Morgan fingerprint density at radius 2 is 2.00 bits per heavy atom. The zero-order chi connectivity index (χ0) is 13.1. The second-order valence-electron chi connectivity index (χ2n) is 5.57. The van der Waals surface area contributed by atoms with E-state index in [9.17, 15) is 4.39 Å². The standard InChI is InChI=1S/C15H21ClFN/c1-10(2)12-5-3-4-6-15(12)18-11-7-8-13(16)14(17)9-11/h7-10,12,15,18H,3-6H2,1-2H3. The van der Waals surface area contributed by atoms with Gasteiger partial charge in [-0.2, -0.15) is 0 Å². The Morgan fingerprint density at radius 3 is 2.67 bits per heavy atom. The van der Waals surface area contributed by atoms with Gasteiger partial charge < -0.3 is 5.32 Å².